The topological polar surface area (TPSA) is 90.7 Å². The third kappa shape index (κ3) is 4.85. The Hall–Kier alpha value is -2.80. The predicted octanol–water partition coefficient (Wildman–Crippen LogP) is 2.95. The normalized spacial score (nSPS) is 10.1. The first kappa shape index (κ1) is 17.6. The van der Waals surface area contributed by atoms with Crippen LogP contribution in [0.4, 0.5) is 5.69 Å². The molecule has 24 heavy (non-hydrogen) atoms. The van der Waals surface area contributed by atoms with Crippen LogP contribution >= 0.6 is 11.6 Å². The summed E-state index contributed by atoms with van der Waals surface area (Å²) in [7, 11) is 1.41. The zero-order chi connectivity index (χ0) is 17.5. The lowest BCUT2D eigenvalue weighted by atomic mass is 10.2. The van der Waals surface area contributed by atoms with Crippen molar-refractivity contribution >= 4 is 23.2 Å². The van der Waals surface area contributed by atoms with Crippen LogP contribution in [0, 0.1) is 10.1 Å². The Balaban J connectivity index is 1.92. The number of rotatable bonds is 7. The number of carbonyl (C=O) groups excluding carboxylic acids is 1. The van der Waals surface area contributed by atoms with Crippen LogP contribution in [0.2, 0.25) is 5.02 Å². The fourth-order valence-electron chi connectivity index (χ4n) is 1.89. The second kappa shape index (κ2) is 8.16. The Kier molecular flexibility index (Phi) is 5.97. The van der Waals surface area contributed by atoms with Crippen molar-refractivity contribution in [1.29, 1.82) is 0 Å². The molecule has 0 aliphatic heterocycles. The van der Waals surface area contributed by atoms with Gasteiger partial charge in [0.05, 0.1) is 18.1 Å². The van der Waals surface area contributed by atoms with Crippen molar-refractivity contribution in [3.05, 3.63) is 63.2 Å². The Bertz CT molecular complexity index is 734. The van der Waals surface area contributed by atoms with E-state index in [-0.39, 0.29) is 24.0 Å². The van der Waals surface area contributed by atoms with Crippen LogP contribution < -0.4 is 14.8 Å². The lowest BCUT2D eigenvalue weighted by Crippen LogP contribution is -2.28. The van der Waals surface area contributed by atoms with Crippen LogP contribution in [0.15, 0.2) is 42.5 Å². The van der Waals surface area contributed by atoms with Crippen LogP contribution in [-0.2, 0) is 11.3 Å². The van der Waals surface area contributed by atoms with E-state index in [0.29, 0.717) is 17.3 Å². The van der Waals surface area contributed by atoms with Gasteiger partial charge in [-0.2, -0.15) is 0 Å². The SMILES string of the molecule is COc1ccc([N+](=O)[O-])cc1OCC(=O)NCc1ccc(Cl)cc1. The number of nitro groups is 1. The summed E-state index contributed by atoms with van der Waals surface area (Å²) in [5.41, 5.74) is 0.744. The molecule has 0 atom stereocenters. The molecule has 7 nitrogen and oxygen atoms in total. The van der Waals surface area contributed by atoms with Gasteiger partial charge in [0.25, 0.3) is 11.6 Å². The Labute approximate surface area is 143 Å². The van der Waals surface area contributed by atoms with Crippen molar-refractivity contribution in [2.24, 2.45) is 0 Å². The minimum absolute atomic E-state index is 0.133. The van der Waals surface area contributed by atoms with Crippen molar-refractivity contribution < 1.29 is 19.2 Å². The Morgan fingerprint density at radius 3 is 2.54 bits per heavy atom. The molecule has 0 radical (unpaired) electrons. The third-order valence-corrected chi connectivity index (χ3v) is 3.37. The maximum atomic E-state index is 11.8. The van der Waals surface area contributed by atoms with Gasteiger partial charge in [0.2, 0.25) is 0 Å². The van der Waals surface area contributed by atoms with E-state index in [1.807, 2.05) is 0 Å². The molecule has 2 rings (SSSR count). The zero-order valence-electron chi connectivity index (χ0n) is 12.8. The number of non-ortho nitro benzene ring substituents is 1. The van der Waals surface area contributed by atoms with Crippen molar-refractivity contribution in [3.8, 4) is 11.5 Å². The summed E-state index contributed by atoms with van der Waals surface area (Å²) in [6.07, 6.45) is 0. The maximum Gasteiger partial charge on any atom is 0.273 e. The molecule has 0 saturated heterocycles. The van der Waals surface area contributed by atoms with Gasteiger partial charge in [0.1, 0.15) is 0 Å². The Morgan fingerprint density at radius 2 is 1.92 bits per heavy atom. The minimum atomic E-state index is -0.549. The van der Waals surface area contributed by atoms with Gasteiger partial charge in [-0.3, -0.25) is 14.9 Å². The van der Waals surface area contributed by atoms with E-state index in [0.717, 1.165) is 5.56 Å². The number of nitrogens with one attached hydrogen (secondary N) is 1. The molecule has 0 heterocycles. The highest BCUT2D eigenvalue weighted by Crippen LogP contribution is 2.30. The van der Waals surface area contributed by atoms with Crippen LogP contribution in [0.1, 0.15) is 5.56 Å². The van der Waals surface area contributed by atoms with Crippen molar-refractivity contribution in [2.45, 2.75) is 6.54 Å². The van der Waals surface area contributed by atoms with Gasteiger partial charge in [-0.1, -0.05) is 23.7 Å². The van der Waals surface area contributed by atoms with Gasteiger partial charge in [-0.25, -0.2) is 0 Å². The summed E-state index contributed by atoms with van der Waals surface area (Å²) in [5.74, 6) is 0.0814. The number of ether oxygens (including phenoxy) is 2. The number of hydrogen-bond donors (Lipinski definition) is 1. The Morgan fingerprint density at radius 1 is 1.21 bits per heavy atom. The molecule has 0 fully saturated rings. The number of nitrogens with zero attached hydrogens (tertiary/aromatic N) is 1. The molecule has 2 aromatic rings. The first-order chi connectivity index (χ1) is 11.5. The molecule has 0 unspecified atom stereocenters. The van der Waals surface area contributed by atoms with Crippen LogP contribution in [0.3, 0.4) is 0 Å². The van der Waals surface area contributed by atoms with E-state index in [9.17, 15) is 14.9 Å². The molecule has 0 spiro atoms. The largest absolute Gasteiger partial charge is 0.493 e. The lowest BCUT2D eigenvalue weighted by molar-refractivity contribution is -0.385. The molecule has 0 bridgehead atoms. The predicted molar refractivity (Wildman–Crippen MR) is 88.4 cm³/mol. The standard InChI is InChI=1S/C16H15ClN2O5/c1-23-14-7-6-13(19(21)22)8-15(14)24-10-16(20)18-9-11-2-4-12(17)5-3-11/h2-8H,9-10H2,1H3,(H,18,20). The second-order valence-corrected chi connectivity index (χ2v) is 5.22. The van der Waals surface area contributed by atoms with E-state index in [2.05, 4.69) is 5.32 Å². The van der Waals surface area contributed by atoms with Gasteiger partial charge in [-0.05, 0) is 23.8 Å². The van der Waals surface area contributed by atoms with E-state index in [1.54, 1.807) is 24.3 Å². The minimum Gasteiger partial charge on any atom is -0.493 e. The molecular weight excluding hydrogens is 336 g/mol. The number of halogens is 1. The number of carbonyl (C=O) groups is 1. The number of nitro benzene ring substituents is 1. The quantitative estimate of drug-likeness (QED) is 0.612. The maximum absolute atomic E-state index is 11.8. The van der Waals surface area contributed by atoms with Crippen molar-refractivity contribution in [1.82, 2.24) is 5.32 Å². The molecule has 0 aromatic heterocycles. The number of benzene rings is 2. The van der Waals surface area contributed by atoms with E-state index < -0.39 is 4.92 Å². The summed E-state index contributed by atoms with van der Waals surface area (Å²) < 4.78 is 10.4. The summed E-state index contributed by atoms with van der Waals surface area (Å²) in [5, 5.41) is 14.1. The summed E-state index contributed by atoms with van der Waals surface area (Å²) >= 11 is 5.79. The summed E-state index contributed by atoms with van der Waals surface area (Å²) in [6, 6.07) is 11.0. The number of methoxy groups -OCH3 is 1. The lowest BCUT2D eigenvalue weighted by Gasteiger charge is -2.10. The van der Waals surface area contributed by atoms with Gasteiger partial charge < -0.3 is 14.8 Å². The van der Waals surface area contributed by atoms with Gasteiger partial charge in [-0.15, -0.1) is 0 Å². The molecule has 8 heteroatoms. The van der Waals surface area contributed by atoms with E-state index >= 15 is 0 Å². The van der Waals surface area contributed by atoms with Gasteiger partial charge >= 0.3 is 0 Å². The summed E-state index contributed by atoms with van der Waals surface area (Å²) in [6.45, 7) is 0.0382. The highest BCUT2D eigenvalue weighted by molar-refractivity contribution is 6.30. The molecule has 0 aliphatic carbocycles. The van der Waals surface area contributed by atoms with Gasteiger partial charge in [0.15, 0.2) is 18.1 Å². The smallest absolute Gasteiger partial charge is 0.273 e. The first-order valence-corrected chi connectivity index (χ1v) is 7.34. The average Bonchev–Trinajstić information content (AvgIpc) is 2.59. The fourth-order valence-corrected chi connectivity index (χ4v) is 2.01. The van der Waals surface area contributed by atoms with E-state index in [4.69, 9.17) is 21.1 Å². The van der Waals surface area contributed by atoms with Crippen LogP contribution in [-0.4, -0.2) is 24.5 Å². The third-order valence-electron chi connectivity index (χ3n) is 3.12. The number of hydrogen-bond acceptors (Lipinski definition) is 5. The molecule has 0 saturated carbocycles. The van der Waals surface area contributed by atoms with Crippen molar-refractivity contribution in [3.63, 3.8) is 0 Å². The van der Waals surface area contributed by atoms with Crippen LogP contribution in [0.5, 0.6) is 11.5 Å². The monoisotopic (exact) mass is 350 g/mol. The van der Waals surface area contributed by atoms with Gasteiger partial charge in [0, 0.05) is 17.6 Å². The average molecular weight is 351 g/mol. The van der Waals surface area contributed by atoms with E-state index in [1.165, 1.54) is 25.3 Å². The zero-order valence-corrected chi connectivity index (χ0v) is 13.6. The molecule has 0 aliphatic rings. The molecule has 1 amide bonds. The molecule has 1 N–H and O–H groups in total. The second-order valence-electron chi connectivity index (χ2n) is 4.78. The fraction of sp³-hybridized carbons (Fsp3) is 0.188. The van der Waals surface area contributed by atoms with Crippen molar-refractivity contribution in [2.75, 3.05) is 13.7 Å². The summed E-state index contributed by atoms with van der Waals surface area (Å²) in [4.78, 5) is 22.1. The molecule has 126 valence electrons. The van der Waals surface area contributed by atoms with Crippen LogP contribution in [0.25, 0.3) is 0 Å². The molecule has 2 aromatic carbocycles. The number of amides is 1. The molecular formula is C16H15ClN2O5. The highest BCUT2D eigenvalue weighted by Gasteiger charge is 2.13. The highest BCUT2D eigenvalue weighted by atomic mass is 35.5. The first-order valence-electron chi connectivity index (χ1n) is 6.96.